The maximum atomic E-state index is 13.2. The SMILES string of the molecule is COC[C@@H]1CCCN1S(=O)(=O)c1c(C)c(C)c(C)c(C)c1C. The minimum absolute atomic E-state index is 0.0456. The van der Waals surface area contributed by atoms with Crippen molar-refractivity contribution in [2.45, 2.75) is 58.4 Å². The highest BCUT2D eigenvalue weighted by atomic mass is 32.2. The van der Waals surface area contributed by atoms with Crippen molar-refractivity contribution in [1.82, 2.24) is 4.31 Å². The summed E-state index contributed by atoms with van der Waals surface area (Å²) in [6.45, 7) is 11.0. The summed E-state index contributed by atoms with van der Waals surface area (Å²) in [5.74, 6) is 0. The molecule has 5 heteroatoms. The third-order valence-corrected chi connectivity index (χ3v) is 7.41. The molecule has 0 radical (unpaired) electrons. The molecule has 0 amide bonds. The first-order chi connectivity index (χ1) is 10.2. The first kappa shape index (κ1) is 17.4. The highest BCUT2D eigenvalue weighted by Gasteiger charge is 2.37. The van der Waals surface area contributed by atoms with Crippen molar-refractivity contribution >= 4 is 10.0 Å². The van der Waals surface area contributed by atoms with E-state index in [0.717, 1.165) is 35.1 Å². The zero-order chi connectivity index (χ0) is 16.7. The van der Waals surface area contributed by atoms with Gasteiger partial charge in [-0.05, 0) is 75.3 Å². The normalized spacial score (nSPS) is 19.8. The Morgan fingerprint density at radius 2 is 1.50 bits per heavy atom. The largest absolute Gasteiger partial charge is 0.383 e. The first-order valence-electron chi connectivity index (χ1n) is 7.81. The standard InChI is InChI=1S/C17H27NO3S/c1-11-12(2)14(4)17(15(5)13(11)3)22(19,20)18-9-7-8-16(18)10-21-6/h16H,7-10H2,1-6H3/t16-/m0/s1. The molecule has 1 aromatic rings. The van der Waals surface area contributed by atoms with Gasteiger partial charge in [0.15, 0.2) is 0 Å². The highest BCUT2D eigenvalue weighted by molar-refractivity contribution is 7.89. The average molecular weight is 325 g/mol. The van der Waals surface area contributed by atoms with E-state index in [4.69, 9.17) is 4.74 Å². The molecule has 1 atom stereocenters. The fraction of sp³-hybridized carbons (Fsp3) is 0.647. The van der Waals surface area contributed by atoms with Gasteiger partial charge in [-0.2, -0.15) is 4.31 Å². The Bertz CT molecular complexity index is 651. The maximum absolute atomic E-state index is 13.2. The van der Waals surface area contributed by atoms with Gasteiger partial charge >= 0.3 is 0 Å². The number of hydrogen-bond donors (Lipinski definition) is 0. The zero-order valence-electron chi connectivity index (χ0n) is 14.5. The third-order valence-electron chi connectivity index (χ3n) is 5.18. The van der Waals surface area contributed by atoms with Gasteiger partial charge in [0.05, 0.1) is 11.5 Å². The monoisotopic (exact) mass is 325 g/mol. The molecule has 4 nitrogen and oxygen atoms in total. The van der Waals surface area contributed by atoms with E-state index in [1.165, 1.54) is 5.56 Å². The highest BCUT2D eigenvalue weighted by Crippen LogP contribution is 2.34. The summed E-state index contributed by atoms with van der Waals surface area (Å²) < 4.78 is 33.3. The first-order valence-corrected chi connectivity index (χ1v) is 9.25. The Labute approximate surface area is 134 Å². The van der Waals surface area contributed by atoms with Crippen LogP contribution in [0.1, 0.15) is 40.7 Å². The molecule has 0 spiro atoms. The van der Waals surface area contributed by atoms with Gasteiger partial charge in [0, 0.05) is 19.7 Å². The van der Waals surface area contributed by atoms with Crippen LogP contribution in [-0.4, -0.2) is 39.0 Å². The number of rotatable bonds is 4. The summed E-state index contributed by atoms with van der Waals surface area (Å²) in [6.07, 6.45) is 1.77. The van der Waals surface area contributed by atoms with Crippen molar-refractivity contribution < 1.29 is 13.2 Å². The lowest BCUT2D eigenvalue weighted by molar-refractivity contribution is 0.149. The van der Waals surface area contributed by atoms with Gasteiger partial charge in [0.25, 0.3) is 0 Å². The van der Waals surface area contributed by atoms with E-state index >= 15 is 0 Å². The zero-order valence-corrected chi connectivity index (χ0v) is 15.3. The summed E-state index contributed by atoms with van der Waals surface area (Å²) in [7, 11) is -1.86. The van der Waals surface area contributed by atoms with Crippen molar-refractivity contribution in [3.8, 4) is 0 Å². The lowest BCUT2D eigenvalue weighted by Crippen LogP contribution is -2.38. The van der Waals surface area contributed by atoms with E-state index < -0.39 is 10.0 Å². The minimum Gasteiger partial charge on any atom is -0.383 e. The van der Waals surface area contributed by atoms with Gasteiger partial charge < -0.3 is 4.74 Å². The Hall–Kier alpha value is -0.910. The predicted molar refractivity (Wildman–Crippen MR) is 88.9 cm³/mol. The van der Waals surface area contributed by atoms with Crippen LogP contribution in [0.2, 0.25) is 0 Å². The number of sulfonamides is 1. The van der Waals surface area contributed by atoms with E-state index in [0.29, 0.717) is 18.0 Å². The Morgan fingerprint density at radius 1 is 1.00 bits per heavy atom. The maximum Gasteiger partial charge on any atom is 0.243 e. The molecule has 0 bridgehead atoms. The van der Waals surface area contributed by atoms with Crippen LogP contribution in [0.15, 0.2) is 4.90 Å². The van der Waals surface area contributed by atoms with Crippen LogP contribution in [0.5, 0.6) is 0 Å². The molecular formula is C17H27NO3S. The molecule has 1 fully saturated rings. The smallest absolute Gasteiger partial charge is 0.243 e. The van der Waals surface area contributed by atoms with Gasteiger partial charge in [-0.1, -0.05) is 0 Å². The topological polar surface area (TPSA) is 46.6 Å². The van der Waals surface area contributed by atoms with Gasteiger partial charge in [-0.15, -0.1) is 0 Å². The molecule has 2 rings (SSSR count). The van der Waals surface area contributed by atoms with Crippen molar-refractivity contribution in [3.63, 3.8) is 0 Å². The average Bonchev–Trinajstić information content (AvgIpc) is 2.92. The molecule has 1 aliphatic heterocycles. The van der Waals surface area contributed by atoms with Crippen molar-refractivity contribution in [1.29, 1.82) is 0 Å². The van der Waals surface area contributed by atoms with Crippen LogP contribution in [-0.2, 0) is 14.8 Å². The molecule has 1 aliphatic rings. The fourth-order valence-electron chi connectivity index (χ4n) is 3.45. The molecule has 0 unspecified atom stereocenters. The van der Waals surface area contributed by atoms with Crippen LogP contribution in [0.25, 0.3) is 0 Å². The quantitative estimate of drug-likeness (QED) is 0.855. The Morgan fingerprint density at radius 3 is 2.00 bits per heavy atom. The van der Waals surface area contributed by atoms with Crippen molar-refractivity contribution in [3.05, 3.63) is 27.8 Å². The Kier molecular flexibility index (Phi) is 5.00. The molecule has 1 aromatic carbocycles. The second-order valence-corrected chi connectivity index (χ2v) is 8.15. The van der Waals surface area contributed by atoms with Gasteiger partial charge in [0.2, 0.25) is 10.0 Å². The van der Waals surface area contributed by atoms with Crippen molar-refractivity contribution in [2.75, 3.05) is 20.3 Å². The summed E-state index contributed by atoms with van der Waals surface area (Å²) in [5.41, 5.74) is 5.09. The summed E-state index contributed by atoms with van der Waals surface area (Å²) in [4.78, 5) is 0.496. The van der Waals surface area contributed by atoms with Gasteiger partial charge in [-0.3, -0.25) is 0 Å². The van der Waals surface area contributed by atoms with Gasteiger partial charge in [0.1, 0.15) is 0 Å². The molecule has 1 saturated heterocycles. The molecule has 1 heterocycles. The van der Waals surface area contributed by atoms with Crippen LogP contribution < -0.4 is 0 Å². The number of hydrogen-bond acceptors (Lipinski definition) is 3. The second-order valence-electron chi connectivity index (χ2n) is 6.32. The second kappa shape index (κ2) is 6.30. The van der Waals surface area contributed by atoms with E-state index in [9.17, 15) is 8.42 Å². The van der Waals surface area contributed by atoms with E-state index in [-0.39, 0.29) is 6.04 Å². The Balaban J connectivity index is 2.60. The molecule has 0 aliphatic carbocycles. The summed E-state index contributed by atoms with van der Waals surface area (Å²) in [6, 6.07) is -0.0456. The van der Waals surface area contributed by atoms with E-state index in [2.05, 4.69) is 6.92 Å². The summed E-state index contributed by atoms with van der Waals surface area (Å²) in [5, 5.41) is 0. The third kappa shape index (κ3) is 2.70. The van der Waals surface area contributed by atoms with Gasteiger partial charge in [-0.25, -0.2) is 8.42 Å². The number of ether oxygens (including phenoxy) is 1. The molecule has 124 valence electrons. The lowest BCUT2D eigenvalue weighted by Gasteiger charge is -2.27. The molecule has 0 N–H and O–H groups in total. The number of benzene rings is 1. The van der Waals surface area contributed by atoms with E-state index in [1.54, 1.807) is 11.4 Å². The van der Waals surface area contributed by atoms with Crippen LogP contribution >= 0.6 is 0 Å². The van der Waals surface area contributed by atoms with Crippen molar-refractivity contribution in [2.24, 2.45) is 0 Å². The lowest BCUT2D eigenvalue weighted by atomic mass is 9.95. The number of nitrogens with zero attached hydrogens (tertiary/aromatic N) is 1. The summed E-state index contributed by atoms with van der Waals surface area (Å²) >= 11 is 0. The van der Waals surface area contributed by atoms with E-state index in [1.807, 2.05) is 27.7 Å². The molecule has 0 saturated carbocycles. The molecule has 22 heavy (non-hydrogen) atoms. The molecule has 0 aromatic heterocycles. The van der Waals surface area contributed by atoms with Crippen LogP contribution in [0, 0.1) is 34.6 Å². The predicted octanol–water partition coefficient (Wildman–Crippen LogP) is 3.03. The minimum atomic E-state index is -3.48. The van der Waals surface area contributed by atoms with Crippen LogP contribution in [0.3, 0.4) is 0 Å². The molecular weight excluding hydrogens is 298 g/mol. The number of methoxy groups -OCH3 is 1. The fourth-order valence-corrected chi connectivity index (χ4v) is 5.70. The van der Waals surface area contributed by atoms with Crippen LogP contribution in [0.4, 0.5) is 0 Å².